The first-order valence-corrected chi connectivity index (χ1v) is 8.79. The van der Waals surface area contributed by atoms with Crippen molar-refractivity contribution in [3.8, 4) is 5.75 Å². The predicted octanol–water partition coefficient (Wildman–Crippen LogP) is 0.222. The van der Waals surface area contributed by atoms with E-state index in [9.17, 15) is 25.2 Å². The molecule has 8 heteroatoms. The van der Waals surface area contributed by atoms with E-state index in [1.165, 1.54) is 0 Å². The van der Waals surface area contributed by atoms with Crippen LogP contribution in [0.25, 0.3) is 0 Å². The zero-order valence-corrected chi connectivity index (χ0v) is 14.9. The minimum absolute atomic E-state index is 0.253. The lowest BCUT2D eigenvalue weighted by Gasteiger charge is -2.41. The molecule has 5 atom stereocenters. The summed E-state index contributed by atoms with van der Waals surface area (Å²) >= 11 is 0. The first-order chi connectivity index (χ1) is 13.5. The van der Waals surface area contributed by atoms with Crippen molar-refractivity contribution in [2.24, 2.45) is 0 Å². The smallest absolute Gasteiger partial charge is 0.338 e. The fourth-order valence-corrected chi connectivity index (χ4v) is 2.92. The van der Waals surface area contributed by atoms with Crippen LogP contribution in [0.2, 0.25) is 0 Å². The Balaban J connectivity index is 1.85. The molecule has 28 heavy (non-hydrogen) atoms. The van der Waals surface area contributed by atoms with Crippen molar-refractivity contribution in [1.82, 2.24) is 0 Å². The third kappa shape index (κ3) is 4.32. The Morgan fingerprint density at radius 2 is 1.64 bits per heavy atom. The number of benzene rings is 2. The Morgan fingerprint density at radius 1 is 0.964 bits per heavy atom. The summed E-state index contributed by atoms with van der Waals surface area (Å²) in [4.78, 5) is 12.4. The van der Waals surface area contributed by atoms with Crippen LogP contribution in [0.5, 0.6) is 5.75 Å². The predicted molar refractivity (Wildman–Crippen MR) is 96.4 cm³/mol. The van der Waals surface area contributed by atoms with Crippen LogP contribution < -0.4 is 4.74 Å². The molecule has 1 fully saturated rings. The number of hydrogen-bond acceptors (Lipinski definition) is 8. The number of ether oxygens (including phenoxy) is 3. The highest BCUT2D eigenvalue weighted by atomic mass is 16.7. The van der Waals surface area contributed by atoms with E-state index in [1.807, 2.05) is 0 Å². The Kier molecular flexibility index (Phi) is 6.61. The van der Waals surface area contributed by atoms with Crippen molar-refractivity contribution in [3.63, 3.8) is 0 Å². The molecule has 1 aliphatic rings. The molecule has 3 rings (SSSR count). The second-order valence-corrected chi connectivity index (χ2v) is 6.33. The maximum absolute atomic E-state index is 12.4. The third-order valence-corrected chi connectivity index (χ3v) is 4.46. The van der Waals surface area contributed by atoms with Gasteiger partial charge in [-0.1, -0.05) is 36.4 Å². The van der Waals surface area contributed by atoms with E-state index in [0.29, 0.717) is 5.56 Å². The van der Waals surface area contributed by atoms with Gasteiger partial charge in [0.05, 0.1) is 18.8 Å². The third-order valence-electron chi connectivity index (χ3n) is 4.46. The highest BCUT2D eigenvalue weighted by Gasteiger charge is 2.48. The molecular formula is C20H22O8. The summed E-state index contributed by atoms with van der Waals surface area (Å²) in [6, 6.07) is 14.7. The minimum atomic E-state index is -1.55. The normalized spacial score (nSPS) is 27.2. The summed E-state index contributed by atoms with van der Waals surface area (Å²) in [7, 11) is 0. The number of esters is 1. The fraction of sp³-hybridized carbons (Fsp3) is 0.350. The van der Waals surface area contributed by atoms with Crippen LogP contribution in [0.3, 0.4) is 0 Å². The summed E-state index contributed by atoms with van der Waals surface area (Å²) in [5.41, 5.74) is 0.711. The maximum atomic E-state index is 12.4. The largest absolute Gasteiger partial charge is 0.460 e. The van der Waals surface area contributed by atoms with Gasteiger partial charge in [-0.15, -0.1) is 0 Å². The molecule has 2 aromatic rings. The van der Waals surface area contributed by atoms with Crippen LogP contribution in [0.1, 0.15) is 15.9 Å². The van der Waals surface area contributed by atoms with Crippen molar-refractivity contribution in [2.75, 3.05) is 6.61 Å². The average molecular weight is 390 g/mol. The average Bonchev–Trinajstić information content (AvgIpc) is 2.74. The molecule has 4 N–H and O–H groups in total. The van der Waals surface area contributed by atoms with Gasteiger partial charge in [0.15, 0.2) is 6.10 Å². The van der Waals surface area contributed by atoms with Gasteiger partial charge in [0.2, 0.25) is 6.29 Å². The molecule has 0 aliphatic carbocycles. The molecule has 0 unspecified atom stereocenters. The van der Waals surface area contributed by atoms with Crippen molar-refractivity contribution >= 4 is 5.97 Å². The summed E-state index contributed by atoms with van der Waals surface area (Å²) in [5.74, 6) is -0.469. The van der Waals surface area contributed by atoms with Gasteiger partial charge in [-0.3, -0.25) is 0 Å². The summed E-state index contributed by atoms with van der Waals surface area (Å²) in [5, 5.41) is 39.5. The highest BCUT2D eigenvalue weighted by molar-refractivity contribution is 5.89. The quantitative estimate of drug-likeness (QED) is 0.516. The molecule has 0 spiro atoms. The Hall–Kier alpha value is -2.49. The minimum Gasteiger partial charge on any atom is -0.460 e. The lowest BCUT2D eigenvalue weighted by Crippen LogP contribution is -2.61. The van der Waals surface area contributed by atoms with Crippen LogP contribution in [0.15, 0.2) is 54.6 Å². The molecule has 1 aliphatic heterocycles. The van der Waals surface area contributed by atoms with E-state index in [4.69, 9.17) is 14.2 Å². The number of aliphatic hydroxyl groups excluding tert-OH is 4. The van der Waals surface area contributed by atoms with Crippen LogP contribution in [-0.2, 0) is 16.1 Å². The van der Waals surface area contributed by atoms with Gasteiger partial charge >= 0.3 is 5.97 Å². The summed E-state index contributed by atoms with van der Waals surface area (Å²) in [6.45, 7) is -0.870. The summed E-state index contributed by atoms with van der Waals surface area (Å²) in [6.07, 6.45) is -6.84. The van der Waals surface area contributed by atoms with Gasteiger partial charge in [-0.05, 0) is 18.2 Å². The zero-order chi connectivity index (χ0) is 20.1. The molecule has 0 saturated carbocycles. The maximum Gasteiger partial charge on any atom is 0.338 e. The topological polar surface area (TPSA) is 126 Å². The van der Waals surface area contributed by atoms with E-state index < -0.39 is 43.3 Å². The number of aliphatic hydroxyl groups is 4. The van der Waals surface area contributed by atoms with Crippen LogP contribution in [0.4, 0.5) is 0 Å². The Morgan fingerprint density at radius 3 is 2.32 bits per heavy atom. The van der Waals surface area contributed by atoms with Gasteiger partial charge in [-0.25, -0.2) is 4.79 Å². The number of rotatable bonds is 6. The first-order valence-electron chi connectivity index (χ1n) is 8.79. The van der Waals surface area contributed by atoms with Crippen LogP contribution in [-0.4, -0.2) is 63.7 Å². The zero-order valence-electron chi connectivity index (χ0n) is 14.9. The van der Waals surface area contributed by atoms with Gasteiger partial charge in [-0.2, -0.15) is 0 Å². The molecule has 0 aromatic heterocycles. The molecule has 1 heterocycles. The standard InChI is InChI=1S/C20H22O8/c21-10-13-8-4-5-9-14(13)26-20-18(17(24)16(23)15(11-22)27-20)28-19(25)12-6-2-1-3-7-12/h1-9,15-18,20-24H,10-11H2/t15-,16+,17+,18-,20-/m0/s1. The van der Waals surface area contributed by atoms with E-state index in [-0.39, 0.29) is 17.9 Å². The first kappa shape index (κ1) is 20.2. The Labute approximate surface area is 161 Å². The molecule has 0 amide bonds. The van der Waals surface area contributed by atoms with Crippen molar-refractivity contribution in [1.29, 1.82) is 0 Å². The SMILES string of the molecule is O=C(O[C@@H]1[C@@H](Oc2ccccc2CO)O[C@@H](CO)[C@@H](O)[C@H]1O)c1ccccc1. The monoisotopic (exact) mass is 390 g/mol. The van der Waals surface area contributed by atoms with E-state index >= 15 is 0 Å². The second kappa shape index (κ2) is 9.13. The number of carbonyl (C=O) groups excluding carboxylic acids is 1. The fourth-order valence-electron chi connectivity index (χ4n) is 2.92. The molecule has 8 nitrogen and oxygen atoms in total. The molecule has 1 saturated heterocycles. The van der Waals surface area contributed by atoms with Gasteiger partial charge < -0.3 is 34.6 Å². The summed E-state index contributed by atoms with van der Waals surface area (Å²) < 4.78 is 16.6. The van der Waals surface area contributed by atoms with Gasteiger partial charge in [0, 0.05) is 5.56 Å². The van der Waals surface area contributed by atoms with Crippen LogP contribution in [0, 0.1) is 0 Å². The van der Waals surface area contributed by atoms with E-state index in [2.05, 4.69) is 0 Å². The van der Waals surface area contributed by atoms with Crippen molar-refractivity contribution in [2.45, 2.75) is 37.3 Å². The van der Waals surface area contributed by atoms with Crippen molar-refractivity contribution in [3.05, 3.63) is 65.7 Å². The lowest BCUT2D eigenvalue weighted by atomic mass is 9.99. The lowest BCUT2D eigenvalue weighted by molar-refractivity contribution is -0.276. The molecule has 0 radical (unpaired) electrons. The Bertz CT molecular complexity index is 781. The molecular weight excluding hydrogens is 368 g/mol. The molecule has 150 valence electrons. The van der Waals surface area contributed by atoms with Gasteiger partial charge in [0.1, 0.15) is 24.1 Å². The van der Waals surface area contributed by atoms with E-state index in [0.717, 1.165) is 0 Å². The van der Waals surface area contributed by atoms with E-state index in [1.54, 1.807) is 54.6 Å². The number of carbonyl (C=O) groups is 1. The van der Waals surface area contributed by atoms with Gasteiger partial charge in [0.25, 0.3) is 0 Å². The number of hydrogen-bond donors (Lipinski definition) is 4. The molecule has 0 bridgehead atoms. The second-order valence-electron chi connectivity index (χ2n) is 6.33. The molecule has 2 aromatic carbocycles. The number of para-hydroxylation sites is 1. The van der Waals surface area contributed by atoms with Crippen molar-refractivity contribution < 1.29 is 39.4 Å². The van der Waals surface area contributed by atoms with Crippen LogP contribution >= 0.6 is 0 Å². The highest BCUT2D eigenvalue weighted by Crippen LogP contribution is 2.28.